The first-order chi connectivity index (χ1) is 8.27. The van der Waals surface area contributed by atoms with Crippen molar-refractivity contribution in [3.05, 3.63) is 0 Å². The molecule has 0 aromatic carbocycles. The molecule has 17 heavy (non-hydrogen) atoms. The van der Waals surface area contributed by atoms with Crippen molar-refractivity contribution in [3.63, 3.8) is 0 Å². The van der Waals surface area contributed by atoms with Crippen molar-refractivity contribution in [2.75, 3.05) is 13.2 Å². The molecule has 1 rings (SSSR count). The van der Waals surface area contributed by atoms with Gasteiger partial charge in [0.15, 0.2) is 0 Å². The summed E-state index contributed by atoms with van der Waals surface area (Å²) in [6.45, 7) is 3.21. The molecule has 3 nitrogen and oxygen atoms in total. The molecule has 1 aliphatic rings. The number of carbonyl (C=O) groups excluding carboxylic acids is 1. The zero-order chi connectivity index (χ0) is 12.5. The Labute approximate surface area is 105 Å². The minimum atomic E-state index is 0.185. The number of nitrogens with one attached hydrogen (secondary N) is 1. The third kappa shape index (κ3) is 5.53. The van der Waals surface area contributed by atoms with E-state index in [0.29, 0.717) is 18.3 Å². The first-order valence-electron chi connectivity index (χ1n) is 7.15. The van der Waals surface area contributed by atoms with Crippen molar-refractivity contribution in [2.45, 2.75) is 58.3 Å². The van der Waals surface area contributed by atoms with Gasteiger partial charge in [0.05, 0.1) is 0 Å². The van der Waals surface area contributed by atoms with E-state index in [1.165, 1.54) is 19.3 Å². The second kappa shape index (κ2) is 8.51. The molecule has 0 saturated heterocycles. The molecule has 1 amide bonds. The maximum Gasteiger partial charge on any atom is 0.220 e. The molecule has 0 aromatic heterocycles. The van der Waals surface area contributed by atoms with Crippen LogP contribution in [0.1, 0.15) is 58.3 Å². The number of rotatable bonds is 8. The van der Waals surface area contributed by atoms with E-state index in [4.69, 9.17) is 0 Å². The van der Waals surface area contributed by atoms with Gasteiger partial charge in [0.2, 0.25) is 5.91 Å². The van der Waals surface area contributed by atoms with E-state index < -0.39 is 0 Å². The molecule has 0 heterocycles. The molecule has 2 N–H and O–H groups in total. The summed E-state index contributed by atoms with van der Waals surface area (Å²) in [5.41, 5.74) is 0. The minimum Gasteiger partial charge on any atom is -0.396 e. The largest absolute Gasteiger partial charge is 0.396 e. The van der Waals surface area contributed by atoms with Crippen LogP contribution in [0.2, 0.25) is 0 Å². The zero-order valence-corrected chi connectivity index (χ0v) is 11.1. The fourth-order valence-electron chi connectivity index (χ4n) is 2.67. The molecule has 0 radical (unpaired) electrons. The standard InChI is InChI=1S/C14H27NO2/c1-2-3-4-5-9-14(17)15-10-12-7-6-8-13(12)11-16/h12-13,16H,2-11H2,1H3,(H,15,17). The highest BCUT2D eigenvalue weighted by Crippen LogP contribution is 2.30. The molecule has 2 unspecified atom stereocenters. The Morgan fingerprint density at radius 2 is 2.00 bits per heavy atom. The van der Waals surface area contributed by atoms with Crippen LogP contribution in [-0.2, 0) is 4.79 Å². The van der Waals surface area contributed by atoms with Gasteiger partial charge in [-0.3, -0.25) is 4.79 Å². The van der Waals surface area contributed by atoms with Crippen LogP contribution in [0.4, 0.5) is 0 Å². The zero-order valence-electron chi connectivity index (χ0n) is 11.1. The summed E-state index contributed by atoms with van der Waals surface area (Å²) in [7, 11) is 0. The second-order valence-corrected chi connectivity index (χ2v) is 5.25. The van der Waals surface area contributed by atoms with Crippen molar-refractivity contribution >= 4 is 5.91 Å². The van der Waals surface area contributed by atoms with Crippen molar-refractivity contribution in [3.8, 4) is 0 Å². The van der Waals surface area contributed by atoms with Crippen molar-refractivity contribution in [2.24, 2.45) is 11.8 Å². The third-order valence-corrected chi connectivity index (χ3v) is 3.87. The molecule has 1 saturated carbocycles. The lowest BCUT2D eigenvalue weighted by molar-refractivity contribution is -0.121. The predicted molar refractivity (Wildman–Crippen MR) is 69.7 cm³/mol. The predicted octanol–water partition coefficient (Wildman–Crippen LogP) is 2.48. The van der Waals surface area contributed by atoms with E-state index in [1.807, 2.05) is 0 Å². The Hall–Kier alpha value is -0.570. The lowest BCUT2D eigenvalue weighted by Crippen LogP contribution is -2.31. The van der Waals surface area contributed by atoms with Gasteiger partial charge in [-0.1, -0.05) is 32.6 Å². The van der Waals surface area contributed by atoms with Gasteiger partial charge in [-0.05, 0) is 31.1 Å². The summed E-state index contributed by atoms with van der Waals surface area (Å²) >= 11 is 0. The highest BCUT2D eigenvalue weighted by molar-refractivity contribution is 5.75. The van der Waals surface area contributed by atoms with E-state index in [9.17, 15) is 9.90 Å². The third-order valence-electron chi connectivity index (χ3n) is 3.87. The maximum atomic E-state index is 11.6. The summed E-state index contributed by atoms with van der Waals surface area (Å²) in [4.78, 5) is 11.6. The Morgan fingerprint density at radius 3 is 2.71 bits per heavy atom. The molecular weight excluding hydrogens is 214 g/mol. The van der Waals surface area contributed by atoms with Gasteiger partial charge in [0.1, 0.15) is 0 Å². The number of aliphatic hydroxyl groups is 1. The van der Waals surface area contributed by atoms with Gasteiger partial charge >= 0.3 is 0 Å². The van der Waals surface area contributed by atoms with E-state index in [-0.39, 0.29) is 12.5 Å². The normalized spacial score (nSPS) is 23.9. The average molecular weight is 241 g/mol. The van der Waals surface area contributed by atoms with Crippen LogP contribution < -0.4 is 5.32 Å². The first-order valence-corrected chi connectivity index (χ1v) is 7.15. The smallest absolute Gasteiger partial charge is 0.220 e. The Bertz CT molecular complexity index is 218. The van der Waals surface area contributed by atoms with Crippen LogP contribution >= 0.6 is 0 Å². The number of hydrogen-bond donors (Lipinski definition) is 2. The second-order valence-electron chi connectivity index (χ2n) is 5.25. The number of carbonyl (C=O) groups is 1. The van der Waals surface area contributed by atoms with Gasteiger partial charge in [-0.25, -0.2) is 0 Å². The SMILES string of the molecule is CCCCCCC(=O)NCC1CCCC1CO. The maximum absolute atomic E-state index is 11.6. The van der Waals surface area contributed by atoms with Crippen molar-refractivity contribution < 1.29 is 9.90 Å². The highest BCUT2D eigenvalue weighted by atomic mass is 16.3. The monoisotopic (exact) mass is 241 g/mol. The number of aliphatic hydroxyl groups excluding tert-OH is 1. The highest BCUT2D eigenvalue weighted by Gasteiger charge is 2.26. The summed E-state index contributed by atoms with van der Waals surface area (Å²) in [6.07, 6.45) is 8.73. The molecule has 0 aliphatic heterocycles. The molecule has 3 heteroatoms. The number of amides is 1. The first kappa shape index (κ1) is 14.5. The van der Waals surface area contributed by atoms with E-state index in [0.717, 1.165) is 32.2 Å². The molecular formula is C14H27NO2. The summed E-state index contributed by atoms with van der Waals surface area (Å²) in [5, 5.41) is 12.2. The van der Waals surface area contributed by atoms with Crippen LogP contribution in [0.25, 0.3) is 0 Å². The Kier molecular flexibility index (Phi) is 7.25. The molecule has 2 atom stereocenters. The fraction of sp³-hybridized carbons (Fsp3) is 0.929. The Morgan fingerprint density at radius 1 is 1.24 bits per heavy atom. The van der Waals surface area contributed by atoms with Gasteiger partial charge in [0.25, 0.3) is 0 Å². The summed E-state index contributed by atoms with van der Waals surface area (Å²) in [5.74, 6) is 1.10. The molecule has 0 spiro atoms. The lowest BCUT2D eigenvalue weighted by atomic mass is 9.97. The molecule has 0 aromatic rings. The van der Waals surface area contributed by atoms with Crippen molar-refractivity contribution in [1.29, 1.82) is 0 Å². The van der Waals surface area contributed by atoms with Gasteiger partial charge in [0, 0.05) is 19.6 Å². The number of unbranched alkanes of at least 4 members (excludes halogenated alkanes) is 3. The van der Waals surface area contributed by atoms with E-state index in [1.54, 1.807) is 0 Å². The Balaban J connectivity index is 2.06. The van der Waals surface area contributed by atoms with Gasteiger partial charge in [-0.2, -0.15) is 0 Å². The molecule has 1 fully saturated rings. The van der Waals surface area contributed by atoms with Crippen LogP contribution in [0.3, 0.4) is 0 Å². The topological polar surface area (TPSA) is 49.3 Å². The van der Waals surface area contributed by atoms with E-state index in [2.05, 4.69) is 12.2 Å². The fourth-order valence-corrected chi connectivity index (χ4v) is 2.67. The molecule has 0 bridgehead atoms. The minimum absolute atomic E-state index is 0.185. The van der Waals surface area contributed by atoms with Gasteiger partial charge < -0.3 is 10.4 Å². The van der Waals surface area contributed by atoms with Gasteiger partial charge in [-0.15, -0.1) is 0 Å². The van der Waals surface area contributed by atoms with Crippen LogP contribution in [0.15, 0.2) is 0 Å². The summed E-state index contributed by atoms with van der Waals surface area (Å²) < 4.78 is 0. The van der Waals surface area contributed by atoms with E-state index >= 15 is 0 Å². The average Bonchev–Trinajstić information content (AvgIpc) is 2.79. The molecule has 1 aliphatic carbocycles. The van der Waals surface area contributed by atoms with Crippen molar-refractivity contribution in [1.82, 2.24) is 5.32 Å². The lowest BCUT2D eigenvalue weighted by Gasteiger charge is -2.17. The van der Waals surface area contributed by atoms with Crippen LogP contribution in [0.5, 0.6) is 0 Å². The van der Waals surface area contributed by atoms with Crippen LogP contribution in [-0.4, -0.2) is 24.2 Å². The summed E-state index contributed by atoms with van der Waals surface area (Å²) in [6, 6.07) is 0. The quantitative estimate of drug-likeness (QED) is 0.641. The molecule has 100 valence electrons. The van der Waals surface area contributed by atoms with Crippen LogP contribution in [0, 0.1) is 11.8 Å². The number of hydrogen-bond acceptors (Lipinski definition) is 2.